The van der Waals surface area contributed by atoms with Crippen molar-refractivity contribution in [2.24, 2.45) is 0 Å². The molecule has 0 radical (unpaired) electrons. The monoisotopic (exact) mass is 307 g/mol. The normalized spacial score (nSPS) is 10.4. The zero-order valence-corrected chi connectivity index (χ0v) is 12.8. The number of hydrogen-bond acceptors (Lipinski definition) is 1. The predicted octanol–water partition coefficient (Wildman–Crippen LogP) is 4.79. The van der Waals surface area contributed by atoms with Crippen LogP contribution in [0.3, 0.4) is 0 Å². The third-order valence-corrected chi connectivity index (χ3v) is 3.88. The van der Waals surface area contributed by atoms with Gasteiger partial charge in [-0.15, -0.1) is 0 Å². The first kappa shape index (κ1) is 14.9. The molecule has 2 aromatic rings. The van der Waals surface area contributed by atoms with Crippen LogP contribution in [-0.2, 0) is 11.2 Å². The van der Waals surface area contributed by atoms with Crippen LogP contribution in [0.25, 0.3) is 0 Å². The number of rotatable bonds is 3. The van der Waals surface area contributed by atoms with Crippen molar-refractivity contribution in [1.29, 1.82) is 0 Å². The van der Waals surface area contributed by atoms with E-state index in [0.717, 1.165) is 5.56 Å². The highest BCUT2D eigenvalue weighted by Crippen LogP contribution is 2.25. The molecule has 4 heteroatoms. The standard InChI is InChI=1S/C16H15Cl2NO/c1-10-3-4-12(7-11(10)2)8-16(20)19-13-5-6-14(17)15(18)9-13/h3-7,9H,8H2,1-2H3,(H,19,20). The molecule has 1 amide bonds. The minimum atomic E-state index is -0.0772. The molecule has 0 aromatic heterocycles. The van der Waals surface area contributed by atoms with E-state index in [1.165, 1.54) is 11.1 Å². The van der Waals surface area contributed by atoms with Gasteiger partial charge < -0.3 is 5.32 Å². The van der Waals surface area contributed by atoms with E-state index in [1.54, 1.807) is 18.2 Å². The van der Waals surface area contributed by atoms with Crippen LogP contribution in [0.1, 0.15) is 16.7 Å². The van der Waals surface area contributed by atoms with Crippen LogP contribution < -0.4 is 5.32 Å². The van der Waals surface area contributed by atoms with Crippen LogP contribution in [-0.4, -0.2) is 5.91 Å². The molecule has 2 rings (SSSR count). The molecule has 0 spiro atoms. The van der Waals surface area contributed by atoms with E-state index in [4.69, 9.17) is 23.2 Å². The first-order chi connectivity index (χ1) is 9.45. The number of halogens is 2. The molecule has 0 unspecified atom stereocenters. The average molecular weight is 308 g/mol. The summed E-state index contributed by atoms with van der Waals surface area (Å²) in [7, 11) is 0. The number of anilines is 1. The summed E-state index contributed by atoms with van der Waals surface area (Å²) < 4.78 is 0. The Kier molecular flexibility index (Phi) is 4.69. The van der Waals surface area contributed by atoms with Crippen LogP contribution >= 0.6 is 23.2 Å². The molecule has 0 bridgehead atoms. The Morgan fingerprint density at radius 1 is 1.00 bits per heavy atom. The third-order valence-electron chi connectivity index (χ3n) is 3.14. The lowest BCUT2D eigenvalue weighted by atomic mass is 10.0. The first-order valence-electron chi connectivity index (χ1n) is 6.27. The number of hydrogen-bond donors (Lipinski definition) is 1. The molecule has 0 heterocycles. The van der Waals surface area contributed by atoms with E-state index < -0.39 is 0 Å². The topological polar surface area (TPSA) is 29.1 Å². The second-order valence-corrected chi connectivity index (χ2v) is 5.59. The molecular formula is C16H15Cl2NO. The molecule has 0 atom stereocenters. The molecule has 0 aliphatic carbocycles. The molecular weight excluding hydrogens is 293 g/mol. The summed E-state index contributed by atoms with van der Waals surface area (Å²) in [5, 5.41) is 3.71. The van der Waals surface area contributed by atoms with Crippen LogP contribution in [0.5, 0.6) is 0 Å². The summed E-state index contributed by atoms with van der Waals surface area (Å²) in [6.07, 6.45) is 0.335. The Balaban J connectivity index is 2.04. The van der Waals surface area contributed by atoms with Gasteiger partial charge in [-0.25, -0.2) is 0 Å². The van der Waals surface area contributed by atoms with Gasteiger partial charge in [-0.3, -0.25) is 4.79 Å². The van der Waals surface area contributed by atoms with Gasteiger partial charge in [0.1, 0.15) is 0 Å². The van der Waals surface area contributed by atoms with E-state index in [-0.39, 0.29) is 5.91 Å². The molecule has 2 nitrogen and oxygen atoms in total. The maximum absolute atomic E-state index is 12.0. The molecule has 1 N–H and O–H groups in total. The highest BCUT2D eigenvalue weighted by Gasteiger charge is 2.06. The van der Waals surface area contributed by atoms with E-state index in [1.807, 2.05) is 25.1 Å². The fraction of sp³-hybridized carbons (Fsp3) is 0.188. The summed E-state index contributed by atoms with van der Waals surface area (Å²) in [6.45, 7) is 4.09. The minimum absolute atomic E-state index is 0.0772. The Bertz CT molecular complexity index is 597. The van der Waals surface area contributed by atoms with Crippen molar-refractivity contribution in [2.45, 2.75) is 20.3 Å². The summed E-state index contributed by atoms with van der Waals surface area (Å²) in [5.41, 5.74) is 4.04. The van der Waals surface area contributed by atoms with Crippen LogP contribution in [0, 0.1) is 13.8 Å². The van der Waals surface area contributed by atoms with Gasteiger partial charge in [0.05, 0.1) is 16.5 Å². The van der Waals surface area contributed by atoms with Crippen LogP contribution in [0.4, 0.5) is 5.69 Å². The second-order valence-electron chi connectivity index (χ2n) is 4.77. The van der Waals surface area contributed by atoms with E-state index in [0.29, 0.717) is 22.2 Å². The lowest BCUT2D eigenvalue weighted by Gasteiger charge is -2.08. The van der Waals surface area contributed by atoms with Crippen LogP contribution in [0.15, 0.2) is 36.4 Å². The third kappa shape index (κ3) is 3.75. The summed E-state index contributed by atoms with van der Waals surface area (Å²) in [5.74, 6) is -0.0772. The van der Waals surface area contributed by atoms with Crippen molar-refractivity contribution in [3.8, 4) is 0 Å². The molecule has 0 fully saturated rings. The van der Waals surface area contributed by atoms with Gasteiger partial charge in [-0.2, -0.15) is 0 Å². The number of amides is 1. The van der Waals surface area contributed by atoms with Gasteiger partial charge in [0.15, 0.2) is 0 Å². The van der Waals surface area contributed by atoms with Crippen molar-refractivity contribution < 1.29 is 4.79 Å². The molecule has 2 aromatic carbocycles. The van der Waals surface area contributed by atoms with Gasteiger partial charge in [-0.05, 0) is 48.7 Å². The lowest BCUT2D eigenvalue weighted by molar-refractivity contribution is -0.115. The summed E-state index contributed by atoms with van der Waals surface area (Å²) in [4.78, 5) is 12.0. The summed E-state index contributed by atoms with van der Waals surface area (Å²) >= 11 is 11.7. The van der Waals surface area contributed by atoms with Gasteiger partial charge in [0, 0.05) is 5.69 Å². The van der Waals surface area contributed by atoms with Gasteiger partial charge in [0.2, 0.25) is 5.91 Å². The predicted molar refractivity (Wildman–Crippen MR) is 84.7 cm³/mol. The number of carbonyl (C=O) groups is 1. The molecule has 0 saturated heterocycles. The number of nitrogens with one attached hydrogen (secondary N) is 1. The van der Waals surface area contributed by atoms with Gasteiger partial charge in [0.25, 0.3) is 0 Å². The van der Waals surface area contributed by atoms with Crippen molar-refractivity contribution in [3.05, 3.63) is 63.1 Å². The maximum Gasteiger partial charge on any atom is 0.228 e. The van der Waals surface area contributed by atoms with Gasteiger partial charge in [-0.1, -0.05) is 41.4 Å². The first-order valence-corrected chi connectivity index (χ1v) is 7.02. The highest BCUT2D eigenvalue weighted by molar-refractivity contribution is 6.42. The Morgan fingerprint density at radius 2 is 1.75 bits per heavy atom. The molecule has 0 aliphatic heterocycles. The van der Waals surface area contributed by atoms with E-state index >= 15 is 0 Å². The zero-order valence-electron chi connectivity index (χ0n) is 11.3. The molecule has 0 saturated carbocycles. The smallest absolute Gasteiger partial charge is 0.228 e. The number of benzene rings is 2. The average Bonchev–Trinajstić information content (AvgIpc) is 2.38. The minimum Gasteiger partial charge on any atom is -0.326 e. The fourth-order valence-corrected chi connectivity index (χ4v) is 2.18. The largest absolute Gasteiger partial charge is 0.326 e. The quantitative estimate of drug-likeness (QED) is 0.867. The van der Waals surface area contributed by atoms with Gasteiger partial charge >= 0.3 is 0 Å². The van der Waals surface area contributed by atoms with Crippen LogP contribution in [0.2, 0.25) is 10.0 Å². The SMILES string of the molecule is Cc1ccc(CC(=O)Nc2ccc(Cl)c(Cl)c2)cc1C. The second kappa shape index (κ2) is 6.29. The van der Waals surface area contributed by atoms with Crippen molar-refractivity contribution in [2.75, 3.05) is 5.32 Å². The Labute approximate surface area is 128 Å². The number of aryl methyl sites for hydroxylation is 2. The van der Waals surface area contributed by atoms with Crippen molar-refractivity contribution in [3.63, 3.8) is 0 Å². The van der Waals surface area contributed by atoms with E-state index in [9.17, 15) is 4.79 Å². The lowest BCUT2D eigenvalue weighted by Crippen LogP contribution is -2.14. The highest BCUT2D eigenvalue weighted by atomic mass is 35.5. The summed E-state index contributed by atoms with van der Waals surface area (Å²) in [6, 6.07) is 11.1. The zero-order chi connectivity index (χ0) is 14.7. The Morgan fingerprint density at radius 3 is 2.40 bits per heavy atom. The maximum atomic E-state index is 12.0. The van der Waals surface area contributed by atoms with E-state index in [2.05, 4.69) is 12.2 Å². The Hall–Kier alpha value is -1.51. The van der Waals surface area contributed by atoms with Crippen molar-refractivity contribution >= 4 is 34.8 Å². The van der Waals surface area contributed by atoms with Crippen molar-refractivity contribution in [1.82, 2.24) is 0 Å². The molecule has 20 heavy (non-hydrogen) atoms. The molecule has 104 valence electrons. The molecule has 0 aliphatic rings. The fourth-order valence-electron chi connectivity index (χ4n) is 1.88. The number of carbonyl (C=O) groups excluding carboxylic acids is 1.